The van der Waals surface area contributed by atoms with Crippen molar-refractivity contribution < 1.29 is 18.3 Å². The zero-order chi connectivity index (χ0) is 12.2. The lowest BCUT2D eigenvalue weighted by Crippen LogP contribution is -2.29. The van der Waals surface area contributed by atoms with Gasteiger partial charge in [-0.05, 0) is 31.0 Å². The van der Waals surface area contributed by atoms with Crippen LogP contribution in [-0.2, 0) is 21.1 Å². The Kier molecular flexibility index (Phi) is 4.00. The molecule has 0 aliphatic heterocycles. The van der Waals surface area contributed by atoms with Gasteiger partial charge in [0.25, 0.3) is 0 Å². The third-order valence-corrected chi connectivity index (χ3v) is 4.36. The molecule has 0 bridgehead atoms. The first-order valence-electron chi connectivity index (χ1n) is 4.77. The molecule has 5 nitrogen and oxygen atoms in total. The second kappa shape index (κ2) is 5.07. The van der Waals surface area contributed by atoms with Gasteiger partial charge < -0.3 is 5.11 Å². The summed E-state index contributed by atoms with van der Waals surface area (Å²) in [6.07, 6.45) is 3.45. The maximum absolute atomic E-state index is 11.5. The van der Waals surface area contributed by atoms with Crippen molar-refractivity contribution in [2.24, 2.45) is 0 Å². The molecule has 0 radical (unpaired) electrons. The van der Waals surface area contributed by atoms with Crippen LogP contribution in [-0.4, -0.2) is 35.5 Å². The monoisotopic (exact) mass is 243 g/mol. The molecule has 0 spiro atoms. The maximum Gasteiger partial charge on any atom is 0.321 e. The highest BCUT2D eigenvalue weighted by molar-refractivity contribution is 7.92. The molecule has 16 heavy (non-hydrogen) atoms. The number of hydrogen-bond donors (Lipinski definition) is 1. The molecule has 0 amide bonds. The first kappa shape index (κ1) is 12.6. The topological polar surface area (TPSA) is 84.3 Å². The van der Waals surface area contributed by atoms with Gasteiger partial charge in [-0.1, -0.05) is 0 Å². The molecule has 1 N–H and O–H groups in total. The first-order chi connectivity index (χ1) is 7.43. The van der Waals surface area contributed by atoms with Gasteiger partial charge in [0.1, 0.15) is 0 Å². The van der Waals surface area contributed by atoms with Gasteiger partial charge in [-0.15, -0.1) is 0 Å². The van der Waals surface area contributed by atoms with Gasteiger partial charge in [-0.3, -0.25) is 9.78 Å². The number of carboxylic acids is 1. The summed E-state index contributed by atoms with van der Waals surface area (Å²) in [5, 5.41) is 7.27. The first-order valence-corrected chi connectivity index (χ1v) is 6.48. The fourth-order valence-electron chi connectivity index (χ4n) is 1.14. The molecule has 0 fully saturated rings. The highest BCUT2D eigenvalue weighted by Crippen LogP contribution is 2.06. The Hall–Kier alpha value is -1.43. The van der Waals surface area contributed by atoms with E-state index in [9.17, 15) is 13.2 Å². The molecular weight excluding hydrogens is 230 g/mol. The average Bonchev–Trinajstić information content (AvgIpc) is 2.27. The van der Waals surface area contributed by atoms with Crippen molar-refractivity contribution in [1.29, 1.82) is 0 Å². The molecule has 88 valence electrons. The van der Waals surface area contributed by atoms with Crippen LogP contribution in [0.2, 0.25) is 0 Å². The third kappa shape index (κ3) is 3.30. The number of aromatic nitrogens is 1. The van der Waals surface area contributed by atoms with Gasteiger partial charge in [0.05, 0.1) is 5.75 Å². The lowest BCUT2D eigenvalue weighted by molar-refractivity contribution is -0.136. The van der Waals surface area contributed by atoms with Crippen molar-refractivity contribution in [3.63, 3.8) is 0 Å². The quantitative estimate of drug-likeness (QED) is 0.814. The van der Waals surface area contributed by atoms with E-state index in [0.29, 0.717) is 6.42 Å². The largest absolute Gasteiger partial charge is 0.480 e. The molecule has 0 aliphatic rings. The minimum Gasteiger partial charge on any atom is -0.480 e. The molecule has 1 aromatic heterocycles. The van der Waals surface area contributed by atoms with Crippen LogP contribution in [0.3, 0.4) is 0 Å². The Morgan fingerprint density at radius 1 is 1.44 bits per heavy atom. The van der Waals surface area contributed by atoms with Gasteiger partial charge >= 0.3 is 5.97 Å². The smallest absolute Gasteiger partial charge is 0.321 e. The number of aryl methyl sites for hydroxylation is 1. The number of sulfone groups is 1. The van der Waals surface area contributed by atoms with E-state index in [1.54, 1.807) is 24.5 Å². The molecule has 0 aromatic carbocycles. The number of carboxylic acid groups (broad SMARTS) is 1. The minimum absolute atomic E-state index is 0.162. The maximum atomic E-state index is 11.5. The van der Waals surface area contributed by atoms with Gasteiger partial charge in [-0.2, -0.15) is 0 Å². The van der Waals surface area contributed by atoms with Crippen molar-refractivity contribution in [3.8, 4) is 0 Å². The highest BCUT2D eigenvalue weighted by atomic mass is 32.2. The van der Waals surface area contributed by atoms with Crippen LogP contribution in [0.4, 0.5) is 0 Å². The molecule has 1 atom stereocenters. The SMILES string of the molecule is CC(C(=O)O)S(=O)(=O)CCc1ccncc1. The normalized spacial score (nSPS) is 13.3. The molecule has 1 rings (SSSR count). The van der Waals surface area contributed by atoms with Crippen molar-refractivity contribution in [2.75, 3.05) is 5.75 Å². The van der Waals surface area contributed by atoms with Gasteiger partial charge in [0, 0.05) is 12.4 Å². The predicted molar refractivity (Wildman–Crippen MR) is 58.8 cm³/mol. The van der Waals surface area contributed by atoms with E-state index in [-0.39, 0.29) is 5.75 Å². The summed E-state index contributed by atoms with van der Waals surface area (Å²) in [5.41, 5.74) is 0.830. The third-order valence-electron chi connectivity index (χ3n) is 2.31. The Morgan fingerprint density at radius 3 is 2.50 bits per heavy atom. The van der Waals surface area contributed by atoms with Crippen LogP contribution in [0.5, 0.6) is 0 Å². The van der Waals surface area contributed by atoms with Gasteiger partial charge in [0.15, 0.2) is 15.1 Å². The van der Waals surface area contributed by atoms with E-state index in [4.69, 9.17) is 5.11 Å². The number of nitrogens with zero attached hydrogens (tertiary/aromatic N) is 1. The van der Waals surface area contributed by atoms with Crippen molar-refractivity contribution >= 4 is 15.8 Å². The molecule has 1 unspecified atom stereocenters. The number of hydrogen-bond acceptors (Lipinski definition) is 4. The summed E-state index contributed by atoms with van der Waals surface area (Å²) in [4.78, 5) is 14.4. The number of pyridine rings is 1. The Morgan fingerprint density at radius 2 is 2.00 bits per heavy atom. The van der Waals surface area contributed by atoms with E-state index in [0.717, 1.165) is 5.56 Å². The number of carbonyl (C=O) groups is 1. The predicted octanol–water partition coefficient (Wildman–Crippen LogP) is 0.512. The van der Waals surface area contributed by atoms with Gasteiger partial charge in [0.2, 0.25) is 0 Å². The molecular formula is C10H13NO4S. The lowest BCUT2D eigenvalue weighted by Gasteiger charge is -2.07. The summed E-state index contributed by atoms with van der Waals surface area (Å²) >= 11 is 0. The fourth-order valence-corrected chi connectivity index (χ4v) is 2.32. The molecule has 1 heterocycles. The fraction of sp³-hybridized carbons (Fsp3) is 0.400. The standard InChI is InChI=1S/C10H13NO4S/c1-8(10(12)13)16(14,15)7-4-9-2-5-11-6-3-9/h2-3,5-6,8H,4,7H2,1H3,(H,12,13). The molecule has 0 saturated carbocycles. The van der Waals surface area contributed by atoms with Gasteiger partial charge in [-0.25, -0.2) is 8.42 Å². The van der Waals surface area contributed by atoms with E-state index in [1.165, 1.54) is 6.92 Å². The Bertz CT molecular complexity index is 455. The Balaban J connectivity index is 2.65. The lowest BCUT2D eigenvalue weighted by atomic mass is 10.2. The van der Waals surface area contributed by atoms with Crippen LogP contribution in [0.1, 0.15) is 12.5 Å². The summed E-state index contributed by atoms with van der Waals surface area (Å²) < 4.78 is 23.1. The van der Waals surface area contributed by atoms with Crippen LogP contribution < -0.4 is 0 Å². The van der Waals surface area contributed by atoms with Crippen LogP contribution in [0.25, 0.3) is 0 Å². The van der Waals surface area contributed by atoms with Crippen molar-refractivity contribution in [3.05, 3.63) is 30.1 Å². The second-order valence-electron chi connectivity index (χ2n) is 3.45. The molecule has 0 saturated heterocycles. The van der Waals surface area contributed by atoms with E-state index in [1.807, 2.05) is 0 Å². The summed E-state index contributed by atoms with van der Waals surface area (Å²) in [7, 11) is -3.58. The van der Waals surface area contributed by atoms with Crippen molar-refractivity contribution in [1.82, 2.24) is 4.98 Å². The minimum atomic E-state index is -3.58. The van der Waals surface area contributed by atoms with Crippen LogP contribution >= 0.6 is 0 Å². The van der Waals surface area contributed by atoms with Crippen molar-refractivity contribution in [2.45, 2.75) is 18.6 Å². The zero-order valence-corrected chi connectivity index (χ0v) is 9.64. The van der Waals surface area contributed by atoms with E-state index < -0.39 is 21.1 Å². The highest BCUT2D eigenvalue weighted by Gasteiger charge is 2.26. The Labute approximate surface area is 94.1 Å². The van der Waals surface area contributed by atoms with Crippen LogP contribution in [0.15, 0.2) is 24.5 Å². The van der Waals surface area contributed by atoms with E-state index >= 15 is 0 Å². The molecule has 0 aliphatic carbocycles. The number of rotatable bonds is 5. The van der Waals surface area contributed by atoms with Crippen LogP contribution in [0, 0.1) is 0 Å². The summed E-state index contributed by atoms with van der Waals surface area (Å²) in [6, 6.07) is 3.42. The average molecular weight is 243 g/mol. The second-order valence-corrected chi connectivity index (χ2v) is 5.89. The summed E-state index contributed by atoms with van der Waals surface area (Å²) in [5.74, 6) is -1.47. The van der Waals surface area contributed by atoms with E-state index in [2.05, 4.69) is 4.98 Å². The summed E-state index contributed by atoms with van der Waals surface area (Å²) in [6.45, 7) is 1.18. The molecule has 1 aromatic rings. The molecule has 6 heteroatoms. The number of aliphatic carboxylic acids is 1. The zero-order valence-electron chi connectivity index (χ0n) is 8.83.